The molecule has 3 heteroatoms. The molecular formula is C9H18ClNO. The number of rotatable bonds is 4. The monoisotopic (exact) mass is 191 g/mol. The molecule has 0 bridgehead atoms. The molecule has 0 saturated carbocycles. The number of halogens is 1. The van der Waals surface area contributed by atoms with Crippen LogP contribution in [-0.4, -0.2) is 17.8 Å². The van der Waals surface area contributed by atoms with Crippen molar-refractivity contribution in [1.29, 1.82) is 0 Å². The third-order valence-corrected chi connectivity index (χ3v) is 2.48. The van der Waals surface area contributed by atoms with Crippen molar-refractivity contribution >= 4 is 17.5 Å². The SMILES string of the molecule is CC(C)C(=O)NC(C)C(C)CCl. The van der Waals surface area contributed by atoms with Gasteiger partial charge in [-0.2, -0.15) is 0 Å². The van der Waals surface area contributed by atoms with Gasteiger partial charge in [0.2, 0.25) is 5.91 Å². The zero-order valence-electron chi connectivity index (χ0n) is 8.23. The van der Waals surface area contributed by atoms with Crippen LogP contribution in [0.15, 0.2) is 0 Å². The molecule has 2 unspecified atom stereocenters. The summed E-state index contributed by atoms with van der Waals surface area (Å²) in [5.41, 5.74) is 0. The fourth-order valence-electron chi connectivity index (χ4n) is 0.667. The van der Waals surface area contributed by atoms with Gasteiger partial charge in [0.1, 0.15) is 0 Å². The number of hydrogen-bond donors (Lipinski definition) is 1. The van der Waals surface area contributed by atoms with Crippen LogP contribution < -0.4 is 5.32 Å². The van der Waals surface area contributed by atoms with Crippen molar-refractivity contribution in [3.8, 4) is 0 Å². The van der Waals surface area contributed by atoms with Gasteiger partial charge in [-0.05, 0) is 12.8 Å². The average Bonchev–Trinajstić information content (AvgIpc) is 2.02. The van der Waals surface area contributed by atoms with Crippen LogP contribution in [0.3, 0.4) is 0 Å². The molecule has 1 N–H and O–H groups in total. The van der Waals surface area contributed by atoms with Crippen LogP contribution in [-0.2, 0) is 4.79 Å². The molecule has 0 aliphatic carbocycles. The maximum absolute atomic E-state index is 11.2. The Bertz CT molecular complexity index is 147. The number of carbonyl (C=O) groups is 1. The van der Waals surface area contributed by atoms with Gasteiger partial charge in [0.05, 0.1) is 0 Å². The lowest BCUT2D eigenvalue weighted by Gasteiger charge is -2.20. The highest BCUT2D eigenvalue weighted by molar-refractivity contribution is 6.18. The second-order valence-electron chi connectivity index (χ2n) is 3.58. The van der Waals surface area contributed by atoms with Crippen molar-refractivity contribution in [2.75, 3.05) is 5.88 Å². The van der Waals surface area contributed by atoms with E-state index >= 15 is 0 Å². The molecule has 0 aromatic carbocycles. The molecule has 0 fully saturated rings. The summed E-state index contributed by atoms with van der Waals surface area (Å²) in [5.74, 6) is 1.06. The molecule has 2 atom stereocenters. The molecule has 0 aliphatic heterocycles. The number of carbonyl (C=O) groups excluding carboxylic acids is 1. The van der Waals surface area contributed by atoms with Gasteiger partial charge in [-0.3, -0.25) is 4.79 Å². The number of hydrogen-bond acceptors (Lipinski definition) is 1. The summed E-state index contributed by atoms with van der Waals surface area (Å²) in [5, 5.41) is 2.91. The maximum Gasteiger partial charge on any atom is 0.222 e. The van der Waals surface area contributed by atoms with E-state index in [1.54, 1.807) is 0 Å². The van der Waals surface area contributed by atoms with Gasteiger partial charge in [0, 0.05) is 17.8 Å². The molecule has 1 amide bonds. The van der Waals surface area contributed by atoms with Gasteiger partial charge in [0.25, 0.3) is 0 Å². The topological polar surface area (TPSA) is 29.1 Å². The molecule has 0 aromatic rings. The third kappa shape index (κ3) is 3.96. The van der Waals surface area contributed by atoms with Crippen LogP contribution >= 0.6 is 11.6 Å². The Labute approximate surface area is 79.7 Å². The van der Waals surface area contributed by atoms with Crippen molar-refractivity contribution in [2.24, 2.45) is 11.8 Å². The van der Waals surface area contributed by atoms with E-state index in [2.05, 4.69) is 5.32 Å². The quantitative estimate of drug-likeness (QED) is 0.677. The highest BCUT2D eigenvalue weighted by atomic mass is 35.5. The van der Waals surface area contributed by atoms with E-state index in [9.17, 15) is 4.79 Å². The summed E-state index contributed by atoms with van der Waals surface area (Å²) in [4.78, 5) is 11.2. The predicted molar refractivity (Wildman–Crippen MR) is 52.3 cm³/mol. The van der Waals surface area contributed by atoms with Gasteiger partial charge < -0.3 is 5.32 Å². The maximum atomic E-state index is 11.2. The largest absolute Gasteiger partial charge is 0.353 e. The van der Waals surface area contributed by atoms with Crippen LogP contribution in [0.1, 0.15) is 27.7 Å². The van der Waals surface area contributed by atoms with Crippen molar-refractivity contribution in [3.05, 3.63) is 0 Å². The van der Waals surface area contributed by atoms with Gasteiger partial charge in [-0.1, -0.05) is 20.8 Å². The fourth-order valence-corrected chi connectivity index (χ4v) is 0.934. The first-order chi connectivity index (χ1) is 5.49. The summed E-state index contributed by atoms with van der Waals surface area (Å²) >= 11 is 5.66. The number of amides is 1. The van der Waals surface area contributed by atoms with E-state index in [0.29, 0.717) is 11.8 Å². The molecule has 0 rings (SSSR count). The Kier molecular flexibility index (Phi) is 5.31. The van der Waals surface area contributed by atoms with E-state index < -0.39 is 0 Å². The standard InChI is InChI=1S/C9H18ClNO/c1-6(2)9(12)11-8(4)7(3)5-10/h6-8H,5H2,1-4H3,(H,11,12). The predicted octanol–water partition coefficient (Wildman–Crippen LogP) is 2.02. The number of nitrogens with one attached hydrogen (secondary N) is 1. The highest BCUT2D eigenvalue weighted by Crippen LogP contribution is 2.05. The lowest BCUT2D eigenvalue weighted by atomic mass is 10.1. The minimum atomic E-state index is 0.0509. The Hall–Kier alpha value is -0.240. The molecular weight excluding hydrogens is 174 g/mol. The lowest BCUT2D eigenvalue weighted by molar-refractivity contribution is -0.124. The van der Waals surface area contributed by atoms with Gasteiger partial charge in [-0.25, -0.2) is 0 Å². The summed E-state index contributed by atoms with van der Waals surface area (Å²) < 4.78 is 0. The van der Waals surface area contributed by atoms with Crippen molar-refractivity contribution in [3.63, 3.8) is 0 Å². The average molecular weight is 192 g/mol. The molecule has 0 saturated heterocycles. The van der Waals surface area contributed by atoms with E-state index in [1.807, 2.05) is 27.7 Å². The Balaban J connectivity index is 3.83. The van der Waals surface area contributed by atoms with E-state index in [4.69, 9.17) is 11.6 Å². The molecule has 2 nitrogen and oxygen atoms in total. The Morgan fingerprint density at radius 2 is 1.83 bits per heavy atom. The minimum absolute atomic E-state index is 0.0509. The zero-order valence-corrected chi connectivity index (χ0v) is 8.98. The minimum Gasteiger partial charge on any atom is -0.353 e. The summed E-state index contributed by atoms with van der Waals surface area (Å²) in [6.45, 7) is 7.77. The number of alkyl halides is 1. The van der Waals surface area contributed by atoms with E-state index in [-0.39, 0.29) is 17.9 Å². The lowest BCUT2D eigenvalue weighted by Crippen LogP contribution is -2.39. The van der Waals surface area contributed by atoms with E-state index in [0.717, 1.165) is 0 Å². The molecule has 0 aliphatic rings. The Morgan fingerprint density at radius 1 is 1.33 bits per heavy atom. The van der Waals surface area contributed by atoms with Crippen LogP contribution in [0, 0.1) is 11.8 Å². The molecule has 0 aromatic heterocycles. The summed E-state index contributed by atoms with van der Waals surface area (Å²) in [6, 6.07) is 0.164. The van der Waals surface area contributed by atoms with Gasteiger partial charge >= 0.3 is 0 Å². The Morgan fingerprint density at radius 3 is 2.17 bits per heavy atom. The van der Waals surface area contributed by atoms with Gasteiger partial charge in [-0.15, -0.1) is 11.6 Å². The third-order valence-electron chi connectivity index (χ3n) is 1.99. The first-order valence-electron chi connectivity index (χ1n) is 4.35. The van der Waals surface area contributed by atoms with Gasteiger partial charge in [0.15, 0.2) is 0 Å². The van der Waals surface area contributed by atoms with Crippen molar-refractivity contribution in [1.82, 2.24) is 5.32 Å². The second kappa shape index (κ2) is 5.41. The van der Waals surface area contributed by atoms with Crippen LogP contribution in [0.25, 0.3) is 0 Å². The molecule has 0 radical (unpaired) electrons. The molecule has 12 heavy (non-hydrogen) atoms. The fraction of sp³-hybridized carbons (Fsp3) is 0.889. The first kappa shape index (κ1) is 11.8. The van der Waals surface area contributed by atoms with Crippen molar-refractivity contribution in [2.45, 2.75) is 33.7 Å². The summed E-state index contributed by atoms with van der Waals surface area (Å²) in [6.07, 6.45) is 0. The molecule has 72 valence electrons. The second-order valence-corrected chi connectivity index (χ2v) is 3.89. The van der Waals surface area contributed by atoms with Crippen molar-refractivity contribution < 1.29 is 4.79 Å². The zero-order chi connectivity index (χ0) is 9.72. The van der Waals surface area contributed by atoms with E-state index in [1.165, 1.54) is 0 Å². The van der Waals surface area contributed by atoms with Crippen LogP contribution in [0.2, 0.25) is 0 Å². The smallest absolute Gasteiger partial charge is 0.222 e. The molecule has 0 spiro atoms. The summed E-state index contributed by atoms with van der Waals surface area (Å²) in [7, 11) is 0. The molecule has 0 heterocycles. The normalized spacial score (nSPS) is 15.8. The van der Waals surface area contributed by atoms with Crippen LogP contribution in [0.5, 0.6) is 0 Å². The first-order valence-corrected chi connectivity index (χ1v) is 4.88. The highest BCUT2D eigenvalue weighted by Gasteiger charge is 2.15. The van der Waals surface area contributed by atoms with Crippen LogP contribution in [0.4, 0.5) is 0 Å².